The molecule has 1 aromatic carbocycles. The second-order valence-electron chi connectivity index (χ2n) is 4.77. The van der Waals surface area contributed by atoms with Crippen LogP contribution in [0.4, 0.5) is 0 Å². The van der Waals surface area contributed by atoms with Crippen LogP contribution in [0.5, 0.6) is 5.75 Å². The van der Waals surface area contributed by atoms with Crippen LogP contribution in [0.25, 0.3) is 0 Å². The molecule has 1 aliphatic carbocycles. The summed E-state index contributed by atoms with van der Waals surface area (Å²) in [5.74, 6) is 0.903. The molecule has 1 aliphatic rings. The molecule has 2 nitrogen and oxygen atoms in total. The maximum Gasteiger partial charge on any atom is 0.145 e. The van der Waals surface area contributed by atoms with Crippen molar-refractivity contribution in [3.63, 3.8) is 0 Å². The van der Waals surface area contributed by atoms with E-state index in [1.54, 1.807) is 0 Å². The number of thiophene rings is 1. The van der Waals surface area contributed by atoms with Crippen LogP contribution in [0.15, 0.2) is 30.3 Å². The van der Waals surface area contributed by atoms with Crippen LogP contribution in [0.1, 0.15) is 28.5 Å². The summed E-state index contributed by atoms with van der Waals surface area (Å²) >= 11 is 7.49. The minimum Gasteiger partial charge on any atom is -0.484 e. The Kier molecular flexibility index (Phi) is 3.78. The molecule has 3 rings (SSSR count). The van der Waals surface area contributed by atoms with E-state index in [9.17, 15) is 0 Å². The summed E-state index contributed by atoms with van der Waals surface area (Å²) in [6.07, 6.45) is 3.48. The predicted molar refractivity (Wildman–Crippen MR) is 80.2 cm³/mol. The van der Waals surface area contributed by atoms with E-state index >= 15 is 0 Å². The Bertz CT molecular complexity index is 581. The van der Waals surface area contributed by atoms with Gasteiger partial charge in [0, 0.05) is 11.4 Å². The van der Waals surface area contributed by atoms with Gasteiger partial charge in [0.15, 0.2) is 0 Å². The summed E-state index contributed by atoms with van der Waals surface area (Å²) < 4.78 is 6.78. The first kappa shape index (κ1) is 13.0. The lowest BCUT2D eigenvalue weighted by Gasteiger charge is -2.16. The highest BCUT2D eigenvalue weighted by Gasteiger charge is 2.16. The number of fused-ring (bicyclic) bond motifs is 1. The van der Waals surface area contributed by atoms with E-state index in [1.807, 2.05) is 18.2 Å². The van der Waals surface area contributed by atoms with Crippen molar-refractivity contribution in [3.8, 4) is 5.75 Å². The number of ether oxygens (including phenoxy) is 1. The van der Waals surface area contributed by atoms with Crippen molar-refractivity contribution in [1.82, 2.24) is 0 Å². The van der Waals surface area contributed by atoms with Gasteiger partial charge in [-0.15, -0.1) is 11.3 Å². The van der Waals surface area contributed by atoms with Gasteiger partial charge < -0.3 is 10.5 Å². The van der Waals surface area contributed by atoms with Crippen molar-refractivity contribution in [2.75, 3.05) is 6.54 Å². The summed E-state index contributed by atoms with van der Waals surface area (Å²) in [5.41, 5.74) is 8.68. The molecule has 0 spiro atoms. The zero-order chi connectivity index (χ0) is 13.2. The number of hydrogen-bond acceptors (Lipinski definition) is 3. The summed E-state index contributed by atoms with van der Waals surface area (Å²) in [6, 6.07) is 10.2. The van der Waals surface area contributed by atoms with Crippen molar-refractivity contribution in [1.29, 1.82) is 0 Å². The van der Waals surface area contributed by atoms with Crippen LogP contribution in [0.3, 0.4) is 0 Å². The smallest absolute Gasteiger partial charge is 0.145 e. The van der Waals surface area contributed by atoms with Crippen molar-refractivity contribution >= 4 is 22.9 Å². The second kappa shape index (κ2) is 5.53. The van der Waals surface area contributed by atoms with Gasteiger partial charge in [-0.3, -0.25) is 0 Å². The highest BCUT2D eigenvalue weighted by Crippen LogP contribution is 2.32. The van der Waals surface area contributed by atoms with E-state index in [1.165, 1.54) is 35.3 Å². The Labute approximate surface area is 122 Å². The monoisotopic (exact) mass is 293 g/mol. The normalized spacial score (nSPS) is 15.3. The van der Waals surface area contributed by atoms with Crippen molar-refractivity contribution in [2.45, 2.75) is 25.4 Å². The third kappa shape index (κ3) is 2.78. The zero-order valence-corrected chi connectivity index (χ0v) is 12.1. The molecule has 0 fully saturated rings. The minimum absolute atomic E-state index is 0.114. The number of rotatable bonds is 4. The first-order chi connectivity index (χ1) is 9.26. The lowest BCUT2D eigenvalue weighted by atomic mass is 10.1. The highest BCUT2D eigenvalue weighted by molar-refractivity contribution is 7.16. The van der Waals surface area contributed by atoms with Gasteiger partial charge in [0.2, 0.25) is 0 Å². The van der Waals surface area contributed by atoms with Crippen LogP contribution < -0.4 is 10.5 Å². The molecule has 0 saturated heterocycles. The fourth-order valence-electron chi connectivity index (χ4n) is 2.51. The van der Waals surface area contributed by atoms with Crippen molar-refractivity contribution < 1.29 is 4.74 Å². The third-order valence-electron chi connectivity index (χ3n) is 3.47. The van der Waals surface area contributed by atoms with E-state index in [4.69, 9.17) is 22.1 Å². The molecule has 1 heterocycles. The minimum atomic E-state index is -0.114. The molecule has 19 heavy (non-hydrogen) atoms. The Hall–Kier alpha value is -1.03. The molecule has 0 radical (unpaired) electrons. The largest absolute Gasteiger partial charge is 0.484 e. The van der Waals surface area contributed by atoms with Crippen LogP contribution in [0.2, 0.25) is 4.34 Å². The standard InChI is InChI=1S/C15H16ClNOS/c16-15-7-6-14(19-15)13(9-17)18-12-5-4-10-2-1-3-11(10)8-12/h4-8,13H,1-3,9,17H2. The Morgan fingerprint density at radius 2 is 2.05 bits per heavy atom. The molecule has 0 amide bonds. The molecular weight excluding hydrogens is 278 g/mol. The fraction of sp³-hybridized carbons (Fsp3) is 0.333. The molecule has 1 aromatic heterocycles. The molecule has 100 valence electrons. The molecule has 4 heteroatoms. The van der Waals surface area contributed by atoms with Crippen LogP contribution in [-0.4, -0.2) is 6.54 Å². The van der Waals surface area contributed by atoms with Crippen LogP contribution >= 0.6 is 22.9 Å². The maximum atomic E-state index is 6.02. The van der Waals surface area contributed by atoms with Gasteiger partial charge in [-0.1, -0.05) is 17.7 Å². The molecular formula is C15H16ClNOS. The quantitative estimate of drug-likeness (QED) is 0.926. The van der Waals surface area contributed by atoms with Gasteiger partial charge in [0.1, 0.15) is 11.9 Å². The summed E-state index contributed by atoms with van der Waals surface area (Å²) in [4.78, 5) is 1.08. The second-order valence-corrected chi connectivity index (χ2v) is 6.51. The van der Waals surface area contributed by atoms with E-state index in [2.05, 4.69) is 12.1 Å². The first-order valence-corrected chi connectivity index (χ1v) is 7.69. The first-order valence-electron chi connectivity index (χ1n) is 6.50. The zero-order valence-electron chi connectivity index (χ0n) is 10.6. The highest BCUT2D eigenvalue weighted by atomic mass is 35.5. The summed E-state index contributed by atoms with van der Waals surface area (Å²) in [7, 11) is 0. The lowest BCUT2D eigenvalue weighted by molar-refractivity contribution is 0.218. The van der Waals surface area contributed by atoms with Gasteiger partial charge in [-0.2, -0.15) is 0 Å². The molecule has 0 bridgehead atoms. The third-order valence-corrected chi connectivity index (χ3v) is 4.80. The Balaban J connectivity index is 1.79. The molecule has 2 aromatic rings. The average molecular weight is 294 g/mol. The molecule has 1 atom stereocenters. The van der Waals surface area contributed by atoms with Gasteiger partial charge in [0.05, 0.1) is 4.34 Å². The average Bonchev–Trinajstić information content (AvgIpc) is 3.04. The number of benzene rings is 1. The SMILES string of the molecule is NCC(Oc1ccc2c(c1)CCC2)c1ccc(Cl)s1. The number of nitrogens with two attached hydrogens (primary N) is 1. The Morgan fingerprint density at radius 1 is 1.21 bits per heavy atom. The van der Waals surface area contributed by atoms with Gasteiger partial charge >= 0.3 is 0 Å². The van der Waals surface area contributed by atoms with Gasteiger partial charge in [-0.05, 0) is 54.7 Å². The van der Waals surface area contributed by atoms with Crippen molar-refractivity contribution in [3.05, 3.63) is 50.7 Å². The lowest BCUT2D eigenvalue weighted by Crippen LogP contribution is -2.17. The predicted octanol–water partition coefficient (Wildman–Crippen LogP) is 3.97. The Morgan fingerprint density at radius 3 is 2.79 bits per heavy atom. The van der Waals surface area contributed by atoms with Gasteiger partial charge in [-0.25, -0.2) is 0 Å². The van der Waals surface area contributed by atoms with E-state index in [-0.39, 0.29) is 6.10 Å². The van der Waals surface area contributed by atoms with Crippen molar-refractivity contribution in [2.24, 2.45) is 5.73 Å². The molecule has 2 N–H and O–H groups in total. The summed E-state index contributed by atoms with van der Waals surface area (Å²) in [6.45, 7) is 0.452. The fourth-order valence-corrected chi connectivity index (χ4v) is 3.61. The van der Waals surface area contributed by atoms with Crippen LogP contribution in [-0.2, 0) is 12.8 Å². The number of halogens is 1. The maximum absolute atomic E-state index is 6.02. The van der Waals surface area contributed by atoms with E-state index in [0.717, 1.165) is 21.4 Å². The number of hydrogen-bond donors (Lipinski definition) is 1. The van der Waals surface area contributed by atoms with Gasteiger partial charge in [0.25, 0.3) is 0 Å². The molecule has 1 unspecified atom stereocenters. The van der Waals surface area contributed by atoms with E-state index in [0.29, 0.717) is 6.54 Å². The van der Waals surface area contributed by atoms with E-state index < -0.39 is 0 Å². The summed E-state index contributed by atoms with van der Waals surface area (Å²) in [5, 5.41) is 0. The topological polar surface area (TPSA) is 35.2 Å². The molecule has 0 aliphatic heterocycles. The molecule has 0 saturated carbocycles. The van der Waals surface area contributed by atoms with Crippen LogP contribution in [0, 0.1) is 0 Å². The number of aryl methyl sites for hydroxylation is 2.